The van der Waals surface area contributed by atoms with E-state index >= 15 is 0 Å². The van der Waals surface area contributed by atoms with Gasteiger partial charge in [0.1, 0.15) is 0 Å². The number of hydrogen-bond donors (Lipinski definition) is 3. The van der Waals surface area contributed by atoms with Crippen molar-refractivity contribution in [2.24, 2.45) is 0 Å². The summed E-state index contributed by atoms with van der Waals surface area (Å²) < 4.78 is 27.7. The molecule has 172 valence electrons. The summed E-state index contributed by atoms with van der Waals surface area (Å²) in [4.78, 5) is 25.7. The number of anilines is 2. The third-order valence-electron chi connectivity index (χ3n) is 4.93. The fourth-order valence-electron chi connectivity index (χ4n) is 2.96. The lowest BCUT2D eigenvalue weighted by Gasteiger charge is -2.15. The second-order valence-electron chi connectivity index (χ2n) is 7.40. The van der Waals surface area contributed by atoms with Crippen molar-refractivity contribution in [3.63, 3.8) is 0 Å². The Morgan fingerprint density at radius 1 is 0.909 bits per heavy atom. The van der Waals surface area contributed by atoms with Gasteiger partial charge in [0.2, 0.25) is 0 Å². The van der Waals surface area contributed by atoms with E-state index in [1.54, 1.807) is 42.5 Å². The zero-order valence-corrected chi connectivity index (χ0v) is 19.7. The molecule has 7 nitrogen and oxygen atoms in total. The number of carbonyl (C=O) groups excluding carboxylic acids is 2. The molecule has 0 saturated heterocycles. The van der Waals surface area contributed by atoms with Gasteiger partial charge in [0.25, 0.3) is 21.8 Å². The van der Waals surface area contributed by atoms with Crippen LogP contribution in [0.5, 0.6) is 0 Å². The summed E-state index contributed by atoms with van der Waals surface area (Å²) in [6.07, 6.45) is 0.765. The molecule has 0 aliphatic heterocycles. The molecule has 0 heterocycles. The number of sulfonamides is 1. The molecule has 1 atom stereocenters. The number of carbonyl (C=O) groups is 2. The van der Waals surface area contributed by atoms with Gasteiger partial charge in [0.15, 0.2) is 0 Å². The SMILES string of the molecule is CCC(C)NC(=O)c1ccccc1NC(=O)c1cc(NS(=O)(=O)c2ccccc2)ccc1Cl. The Labute approximate surface area is 198 Å². The van der Waals surface area contributed by atoms with Crippen LogP contribution in [0.1, 0.15) is 41.0 Å². The average molecular weight is 486 g/mol. The first-order valence-corrected chi connectivity index (χ1v) is 12.2. The van der Waals surface area contributed by atoms with Crippen molar-refractivity contribution < 1.29 is 18.0 Å². The highest BCUT2D eigenvalue weighted by atomic mass is 35.5. The van der Waals surface area contributed by atoms with E-state index in [0.717, 1.165) is 6.42 Å². The molecule has 0 saturated carbocycles. The van der Waals surface area contributed by atoms with E-state index in [-0.39, 0.29) is 33.1 Å². The number of nitrogens with one attached hydrogen (secondary N) is 3. The largest absolute Gasteiger partial charge is 0.350 e. The van der Waals surface area contributed by atoms with E-state index in [1.807, 2.05) is 13.8 Å². The molecule has 0 fully saturated rings. The Kier molecular flexibility index (Phi) is 7.73. The molecule has 0 aliphatic rings. The minimum Gasteiger partial charge on any atom is -0.350 e. The smallest absolute Gasteiger partial charge is 0.261 e. The molecule has 3 N–H and O–H groups in total. The Morgan fingerprint density at radius 3 is 2.27 bits per heavy atom. The lowest BCUT2D eigenvalue weighted by Crippen LogP contribution is -2.32. The van der Waals surface area contributed by atoms with E-state index in [9.17, 15) is 18.0 Å². The third-order valence-corrected chi connectivity index (χ3v) is 6.65. The Bertz CT molecular complexity index is 1260. The van der Waals surface area contributed by atoms with Crippen LogP contribution in [-0.4, -0.2) is 26.3 Å². The third kappa shape index (κ3) is 6.12. The van der Waals surface area contributed by atoms with Gasteiger partial charge in [0.05, 0.1) is 26.7 Å². The first-order chi connectivity index (χ1) is 15.7. The van der Waals surface area contributed by atoms with Gasteiger partial charge in [-0.05, 0) is 55.8 Å². The zero-order chi connectivity index (χ0) is 24.0. The summed E-state index contributed by atoms with van der Waals surface area (Å²) in [5.74, 6) is -0.889. The van der Waals surface area contributed by atoms with Crippen molar-refractivity contribution in [2.45, 2.75) is 31.2 Å². The topological polar surface area (TPSA) is 104 Å². The van der Waals surface area contributed by atoms with Gasteiger partial charge in [-0.1, -0.05) is 48.9 Å². The summed E-state index contributed by atoms with van der Waals surface area (Å²) in [7, 11) is -3.84. The van der Waals surface area contributed by atoms with E-state index in [1.165, 1.54) is 30.3 Å². The number of benzene rings is 3. The normalized spacial score (nSPS) is 12.0. The second-order valence-corrected chi connectivity index (χ2v) is 9.49. The van der Waals surface area contributed by atoms with Gasteiger partial charge in [-0.2, -0.15) is 0 Å². The molecule has 0 radical (unpaired) electrons. The van der Waals surface area contributed by atoms with E-state index < -0.39 is 15.9 Å². The van der Waals surface area contributed by atoms with Crippen LogP contribution < -0.4 is 15.4 Å². The van der Waals surface area contributed by atoms with Crippen molar-refractivity contribution in [1.82, 2.24) is 5.32 Å². The summed E-state index contributed by atoms with van der Waals surface area (Å²) in [5.41, 5.74) is 0.858. The van der Waals surface area contributed by atoms with Crippen LogP contribution in [0.25, 0.3) is 0 Å². The van der Waals surface area contributed by atoms with Crippen LogP contribution >= 0.6 is 11.6 Å². The molecule has 0 aliphatic carbocycles. The molecule has 2 amide bonds. The number of hydrogen-bond acceptors (Lipinski definition) is 4. The molecular formula is C24H24ClN3O4S. The molecule has 9 heteroatoms. The highest BCUT2D eigenvalue weighted by molar-refractivity contribution is 7.92. The molecular weight excluding hydrogens is 462 g/mol. The van der Waals surface area contributed by atoms with Crippen LogP contribution in [0.4, 0.5) is 11.4 Å². The van der Waals surface area contributed by atoms with Crippen molar-refractivity contribution in [1.29, 1.82) is 0 Å². The van der Waals surface area contributed by atoms with Gasteiger partial charge < -0.3 is 10.6 Å². The van der Waals surface area contributed by atoms with Crippen molar-refractivity contribution in [2.75, 3.05) is 10.0 Å². The standard InChI is InChI=1S/C24H24ClN3O4S/c1-3-16(2)26-23(29)19-11-7-8-12-22(19)27-24(30)20-15-17(13-14-21(20)25)28-33(31,32)18-9-5-4-6-10-18/h4-16,28H,3H2,1-2H3,(H,26,29)(H,27,30). The predicted octanol–water partition coefficient (Wildman–Crippen LogP) is 4.92. The van der Waals surface area contributed by atoms with Gasteiger partial charge in [-0.15, -0.1) is 0 Å². The minimum absolute atomic E-state index is 0.0231. The average Bonchev–Trinajstić information content (AvgIpc) is 2.80. The molecule has 3 rings (SSSR count). The zero-order valence-electron chi connectivity index (χ0n) is 18.1. The van der Waals surface area contributed by atoms with Gasteiger partial charge >= 0.3 is 0 Å². The highest BCUT2D eigenvalue weighted by Crippen LogP contribution is 2.25. The van der Waals surface area contributed by atoms with Crippen LogP contribution in [0.15, 0.2) is 77.7 Å². The fourth-order valence-corrected chi connectivity index (χ4v) is 4.23. The van der Waals surface area contributed by atoms with Crippen LogP contribution in [0.3, 0.4) is 0 Å². The van der Waals surface area contributed by atoms with Gasteiger partial charge in [0, 0.05) is 11.7 Å². The molecule has 3 aromatic rings. The molecule has 0 spiro atoms. The molecule has 0 aromatic heterocycles. The molecule has 0 bridgehead atoms. The maximum Gasteiger partial charge on any atom is 0.261 e. The lowest BCUT2D eigenvalue weighted by molar-refractivity contribution is 0.0940. The van der Waals surface area contributed by atoms with E-state index in [4.69, 9.17) is 11.6 Å². The van der Waals surface area contributed by atoms with Crippen LogP contribution in [0, 0.1) is 0 Å². The minimum atomic E-state index is -3.84. The lowest BCUT2D eigenvalue weighted by atomic mass is 10.1. The Balaban J connectivity index is 1.84. The molecule has 3 aromatic carbocycles. The summed E-state index contributed by atoms with van der Waals surface area (Å²) >= 11 is 6.22. The summed E-state index contributed by atoms with van der Waals surface area (Å²) in [6, 6.07) is 18.7. The Morgan fingerprint density at radius 2 is 1.58 bits per heavy atom. The number of rotatable bonds is 8. The first kappa shape index (κ1) is 24.3. The van der Waals surface area contributed by atoms with Crippen molar-refractivity contribution in [3.8, 4) is 0 Å². The van der Waals surface area contributed by atoms with E-state index in [2.05, 4.69) is 15.4 Å². The van der Waals surface area contributed by atoms with Crippen molar-refractivity contribution in [3.05, 3.63) is 88.9 Å². The number of halogens is 1. The van der Waals surface area contributed by atoms with Crippen molar-refractivity contribution >= 4 is 44.8 Å². The van der Waals surface area contributed by atoms with Gasteiger partial charge in [-0.25, -0.2) is 8.42 Å². The summed E-state index contributed by atoms with van der Waals surface area (Å²) in [6.45, 7) is 3.85. The van der Waals surface area contributed by atoms with Gasteiger partial charge in [-0.3, -0.25) is 14.3 Å². The summed E-state index contributed by atoms with van der Waals surface area (Å²) in [5, 5.41) is 5.70. The fraction of sp³-hybridized carbons (Fsp3) is 0.167. The van der Waals surface area contributed by atoms with Crippen LogP contribution in [-0.2, 0) is 10.0 Å². The first-order valence-electron chi connectivity index (χ1n) is 10.3. The van der Waals surface area contributed by atoms with Crippen LogP contribution in [0.2, 0.25) is 5.02 Å². The number of para-hydroxylation sites is 1. The maximum absolute atomic E-state index is 13.0. The molecule has 1 unspecified atom stereocenters. The highest BCUT2D eigenvalue weighted by Gasteiger charge is 2.19. The maximum atomic E-state index is 13.0. The molecule has 33 heavy (non-hydrogen) atoms. The predicted molar refractivity (Wildman–Crippen MR) is 130 cm³/mol. The monoisotopic (exact) mass is 485 g/mol. The quantitative estimate of drug-likeness (QED) is 0.421. The number of amides is 2. The second kappa shape index (κ2) is 10.5. The van der Waals surface area contributed by atoms with E-state index in [0.29, 0.717) is 11.3 Å². The Hall–Kier alpha value is -3.36.